The summed E-state index contributed by atoms with van der Waals surface area (Å²) >= 11 is 9.16. The quantitative estimate of drug-likeness (QED) is 0.778. The van der Waals surface area contributed by atoms with Crippen molar-refractivity contribution in [1.82, 2.24) is 9.97 Å². The summed E-state index contributed by atoms with van der Waals surface area (Å²) in [7, 11) is 0. The van der Waals surface area contributed by atoms with E-state index in [2.05, 4.69) is 30.6 Å². The van der Waals surface area contributed by atoms with Crippen LogP contribution >= 0.6 is 27.5 Å². The van der Waals surface area contributed by atoms with Crippen molar-refractivity contribution in [2.75, 3.05) is 6.61 Å². The molecule has 1 fully saturated rings. The van der Waals surface area contributed by atoms with E-state index in [0.717, 1.165) is 18.5 Å². The summed E-state index contributed by atoms with van der Waals surface area (Å²) in [5, 5.41) is 0.206. The van der Waals surface area contributed by atoms with Gasteiger partial charge in [-0.2, -0.15) is 13.2 Å². The minimum atomic E-state index is -4.35. The Morgan fingerprint density at radius 3 is 2.56 bits per heavy atom. The average molecular weight is 346 g/mol. The molecule has 8 heteroatoms. The molecule has 1 aromatic heterocycles. The van der Waals surface area contributed by atoms with Crippen molar-refractivity contribution >= 4 is 27.5 Å². The molecule has 1 saturated carbocycles. The number of aromatic nitrogens is 2. The number of halogens is 5. The predicted octanol–water partition coefficient (Wildman–Crippen LogP) is 3.85. The van der Waals surface area contributed by atoms with Crippen LogP contribution in [0.15, 0.2) is 4.47 Å². The van der Waals surface area contributed by atoms with E-state index in [1.807, 2.05) is 0 Å². The van der Waals surface area contributed by atoms with Crippen LogP contribution in [0.1, 0.15) is 30.3 Å². The molecule has 0 aliphatic heterocycles. The van der Waals surface area contributed by atoms with Crippen molar-refractivity contribution in [3.63, 3.8) is 0 Å². The van der Waals surface area contributed by atoms with E-state index in [9.17, 15) is 13.2 Å². The number of hydrogen-bond acceptors (Lipinski definition) is 3. The number of alkyl halides is 3. The second-order valence-electron chi connectivity index (χ2n) is 4.01. The highest BCUT2D eigenvalue weighted by molar-refractivity contribution is 9.10. The van der Waals surface area contributed by atoms with E-state index in [0.29, 0.717) is 10.4 Å². The smallest absolute Gasteiger partial charge is 0.364 e. The van der Waals surface area contributed by atoms with Gasteiger partial charge in [0, 0.05) is 5.92 Å². The highest BCUT2D eigenvalue weighted by Crippen LogP contribution is 2.43. The Kier molecular flexibility index (Phi) is 4.13. The average Bonchev–Trinajstić information content (AvgIpc) is 3.04. The molecule has 1 heterocycles. The Morgan fingerprint density at radius 2 is 2.00 bits per heavy atom. The van der Waals surface area contributed by atoms with E-state index in [1.54, 1.807) is 0 Å². The van der Waals surface area contributed by atoms with Crippen molar-refractivity contribution in [3.05, 3.63) is 21.1 Å². The summed E-state index contributed by atoms with van der Waals surface area (Å²) in [6, 6.07) is 0. The van der Waals surface area contributed by atoms with Crippen LogP contribution in [0, 0.1) is 0 Å². The molecular formula is C10H9BrClF3N2O. The Labute approximate surface area is 115 Å². The molecule has 1 aromatic rings. The zero-order valence-corrected chi connectivity index (χ0v) is 11.4. The van der Waals surface area contributed by atoms with E-state index < -0.39 is 12.8 Å². The molecule has 0 unspecified atom stereocenters. The maximum absolute atomic E-state index is 11.9. The van der Waals surface area contributed by atoms with Crippen molar-refractivity contribution in [2.24, 2.45) is 0 Å². The SMILES string of the molecule is FC(F)(F)COCc1nc(Cl)c(Br)c(C2CC2)n1. The van der Waals surface area contributed by atoms with Crippen LogP contribution < -0.4 is 0 Å². The van der Waals surface area contributed by atoms with E-state index in [-0.39, 0.29) is 17.6 Å². The molecule has 0 radical (unpaired) electrons. The summed E-state index contributed by atoms with van der Waals surface area (Å²) in [5.41, 5.74) is 0.751. The highest BCUT2D eigenvalue weighted by atomic mass is 79.9. The van der Waals surface area contributed by atoms with Crippen LogP contribution in [-0.4, -0.2) is 22.8 Å². The molecule has 0 amide bonds. The monoisotopic (exact) mass is 344 g/mol. The Bertz CT molecular complexity index is 451. The van der Waals surface area contributed by atoms with Gasteiger partial charge in [0.2, 0.25) is 0 Å². The summed E-state index contributed by atoms with van der Waals surface area (Å²) in [5.74, 6) is 0.496. The number of hydrogen-bond donors (Lipinski definition) is 0. The highest BCUT2D eigenvalue weighted by Gasteiger charge is 2.30. The molecule has 1 aliphatic carbocycles. The first kappa shape index (κ1) is 14.0. The maximum Gasteiger partial charge on any atom is 0.411 e. The lowest BCUT2D eigenvalue weighted by atomic mass is 10.3. The van der Waals surface area contributed by atoms with Gasteiger partial charge in [-0.05, 0) is 28.8 Å². The van der Waals surface area contributed by atoms with Crippen LogP contribution in [0.5, 0.6) is 0 Å². The first-order valence-electron chi connectivity index (χ1n) is 5.23. The van der Waals surface area contributed by atoms with Crippen molar-refractivity contribution in [2.45, 2.75) is 31.5 Å². The molecule has 2 rings (SSSR count). The topological polar surface area (TPSA) is 35.0 Å². The normalized spacial score (nSPS) is 16.1. The summed E-state index contributed by atoms with van der Waals surface area (Å²) in [6.45, 7) is -1.62. The van der Waals surface area contributed by atoms with Gasteiger partial charge in [-0.25, -0.2) is 9.97 Å². The van der Waals surface area contributed by atoms with Gasteiger partial charge in [-0.3, -0.25) is 0 Å². The predicted molar refractivity (Wildman–Crippen MR) is 62.4 cm³/mol. The second-order valence-corrected chi connectivity index (χ2v) is 5.16. The van der Waals surface area contributed by atoms with Gasteiger partial charge in [0.05, 0.1) is 10.2 Å². The summed E-state index contributed by atoms with van der Waals surface area (Å²) in [4.78, 5) is 8.06. The lowest BCUT2D eigenvalue weighted by molar-refractivity contribution is -0.177. The molecule has 0 atom stereocenters. The number of nitrogens with zero attached hydrogens (tertiary/aromatic N) is 2. The van der Waals surface area contributed by atoms with Gasteiger partial charge in [-0.1, -0.05) is 11.6 Å². The van der Waals surface area contributed by atoms with Crippen molar-refractivity contribution in [1.29, 1.82) is 0 Å². The van der Waals surface area contributed by atoms with Crippen LogP contribution in [0.4, 0.5) is 13.2 Å². The van der Waals surface area contributed by atoms with Gasteiger partial charge >= 0.3 is 6.18 Å². The number of rotatable bonds is 4. The molecule has 100 valence electrons. The fraction of sp³-hybridized carbons (Fsp3) is 0.600. The molecule has 0 N–H and O–H groups in total. The molecule has 0 saturated heterocycles. The van der Waals surface area contributed by atoms with Gasteiger partial charge in [0.15, 0.2) is 5.82 Å². The van der Waals surface area contributed by atoms with E-state index in [4.69, 9.17) is 11.6 Å². The standard InChI is InChI=1S/C10H9BrClF3N2O/c11-7-8(5-1-2-5)16-6(17-9(7)12)3-18-4-10(13,14)15/h5H,1-4H2. The zero-order chi connectivity index (χ0) is 13.3. The van der Waals surface area contributed by atoms with Crippen LogP contribution in [-0.2, 0) is 11.3 Å². The molecule has 3 nitrogen and oxygen atoms in total. The molecule has 0 aromatic carbocycles. The Hall–Kier alpha value is -0.400. The van der Waals surface area contributed by atoms with Crippen LogP contribution in [0.2, 0.25) is 5.15 Å². The Balaban J connectivity index is 2.04. The molecule has 0 bridgehead atoms. The fourth-order valence-corrected chi connectivity index (χ4v) is 2.13. The lowest BCUT2D eigenvalue weighted by Crippen LogP contribution is -2.17. The Morgan fingerprint density at radius 1 is 1.33 bits per heavy atom. The van der Waals surface area contributed by atoms with Crippen LogP contribution in [0.25, 0.3) is 0 Å². The third-order valence-electron chi connectivity index (χ3n) is 2.34. The third kappa shape index (κ3) is 3.80. The third-order valence-corrected chi connectivity index (χ3v) is 3.63. The minimum Gasteiger partial charge on any atom is -0.364 e. The fourth-order valence-electron chi connectivity index (χ4n) is 1.43. The van der Waals surface area contributed by atoms with Crippen molar-refractivity contribution < 1.29 is 17.9 Å². The second kappa shape index (κ2) is 5.30. The molecule has 0 spiro atoms. The summed E-state index contributed by atoms with van der Waals surface area (Å²) < 4.78 is 40.9. The zero-order valence-electron chi connectivity index (χ0n) is 9.10. The van der Waals surface area contributed by atoms with Crippen LogP contribution in [0.3, 0.4) is 0 Å². The molecular weight excluding hydrogens is 336 g/mol. The van der Waals surface area contributed by atoms with Gasteiger partial charge in [-0.15, -0.1) is 0 Å². The van der Waals surface area contributed by atoms with E-state index >= 15 is 0 Å². The van der Waals surface area contributed by atoms with Gasteiger partial charge in [0.25, 0.3) is 0 Å². The maximum atomic E-state index is 11.9. The van der Waals surface area contributed by atoms with Gasteiger partial charge in [0.1, 0.15) is 18.4 Å². The van der Waals surface area contributed by atoms with Gasteiger partial charge < -0.3 is 4.74 Å². The van der Waals surface area contributed by atoms with Crippen molar-refractivity contribution in [3.8, 4) is 0 Å². The number of ether oxygens (including phenoxy) is 1. The minimum absolute atomic E-state index is 0.175. The molecule has 1 aliphatic rings. The first-order valence-corrected chi connectivity index (χ1v) is 6.40. The summed E-state index contributed by atoms with van der Waals surface area (Å²) in [6.07, 6.45) is -2.33. The largest absolute Gasteiger partial charge is 0.411 e. The lowest BCUT2D eigenvalue weighted by Gasteiger charge is -2.09. The first-order chi connectivity index (χ1) is 8.37. The van der Waals surface area contributed by atoms with E-state index in [1.165, 1.54) is 0 Å². The molecule has 18 heavy (non-hydrogen) atoms.